The lowest BCUT2D eigenvalue weighted by molar-refractivity contribution is -0.143. The first kappa shape index (κ1) is 15.2. The number of nitrogens with one attached hydrogen (secondary N) is 2. The van der Waals surface area contributed by atoms with Crippen LogP contribution in [0.1, 0.15) is 16.7 Å². The Morgan fingerprint density at radius 1 is 0.952 bits per heavy atom. The van der Waals surface area contributed by atoms with Crippen molar-refractivity contribution in [2.75, 3.05) is 5.32 Å². The fourth-order valence-corrected chi connectivity index (χ4v) is 1.67. The summed E-state index contributed by atoms with van der Waals surface area (Å²) < 4.78 is 75.9. The van der Waals surface area contributed by atoms with E-state index in [-0.39, 0.29) is 18.2 Å². The lowest BCUT2D eigenvalue weighted by Gasteiger charge is -2.14. The molecule has 1 aromatic carbocycles. The average Bonchev–Trinajstić information content (AvgIpc) is 2.87. The van der Waals surface area contributed by atoms with Crippen molar-refractivity contribution in [3.8, 4) is 0 Å². The molecule has 0 fully saturated rings. The number of alkyl halides is 6. The fraction of sp³-hybridized carbons (Fsp3) is 0.250. The molecule has 0 spiro atoms. The van der Waals surface area contributed by atoms with Gasteiger partial charge in [0.15, 0.2) is 0 Å². The van der Waals surface area contributed by atoms with Crippen molar-refractivity contribution in [3.63, 3.8) is 0 Å². The van der Waals surface area contributed by atoms with Gasteiger partial charge < -0.3 is 5.32 Å². The maximum absolute atomic E-state index is 12.6. The topological polar surface area (TPSA) is 40.7 Å². The lowest BCUT2D eigenvalue weighted by Crippen LogP contribution is -2.12. The highest BCUT2D eigenvalue weighted by atomic mass is 19.4. The summed E-state index contributed by atoms with van der Waals surface area (Å²) in [4.78, 5) is 0. The van der Waals surface area contributed by atoms with Crippen LogP contribution in [0.3, 0.4) is 0 Å². The number of halogens is 6. The van der Waals surface area contributed by atoms with Crippen LogP contribution in [0, 0.1) is 0 Å². The van der Waals surface area contributed by atoms with Gasteiger partial charge in [-0.1, -0.05) is 0 Å². The Kier molecular flexibility index (Phi) is 3.84. The van der Waals surface area contributed by atoms with Gasteiger partial charge in [-0.2, -0.15) is 31.4 Å². The summed E-state index contributed by atoms with van der Waals surface area (Å²) in [6.07, 6.45) is -6.89. The van der Waals surface area contributed by atoms with Gasteiger partial charge in [-0.15, -0.1) is 0 Å². The molecule has 0 atom stereocenters. The monoisotopic (exact) mass is 309 g/mol. The van der Waals surface area contributed by atoms with Crippen LogP contribution in [-0.4, -0.2) is 10.2 Å². The number of hydrogen-bond donors (Lipinski definition) is 2. The SMILES string of the molecule is FC(F)(F)c1cc(CNc2cn[nH]c2)cc(C(F)(F)F)c1. The third kappa shape index (κ3) is 3.89. The molecule has 0 saturated carbocycles. The number of anilines is 1. The van der Waals surface area contributed by atoms with Gasteiger partial charge in [-0.25, -0.2) is 0 Å². The molecule has 0 aliphatic heterocycles. The van der Waals surface area contributed by atoms with Crippen molar-refractivity contribution in [3.05, 3.63) is 47.3 Å². The van der Waals surface area contributed by atoms with Crippen LogP contribution < -0.4 is 5.32 Å². The molecule has 114 valence electrons. The smallest absolute Gasteiger partial charge is 0.378 e. The second kappa shape index (κ2) is 5.30. The molecule has 0 aliphatic rings. The Bertz CT molecular complexity index is 568. The molecule has 2 aromatic rings. The first-order chi connectivity index (χ1) is 9.66. The van der Waals surface area contributed by atoms with E-state index in [9.17, 15) is 26.3 Å². The van der Waals surface area contributed by atoms with E-state index in [1.165, 1.54) is 12.4 Å². The summed E-state index contributed by atoms with van der Waals surface area (Å²) in [7, 11) is 0. The normalized spacial score (nSPS) is 12.5. The number of aromatic amines is 1. The van der Waals surface area contributed by atoms with Gasteiger partial charge in [0.1, 0.15) is 0 Å². The van der Waals surface area contributed by atoms with E-state index in [0.717, 1.165) is 0 Å². The maximum Gasteiger partial charge on any atom is 0.416 e. The number of rotatable bonds is 3. The average molecular weight is 309 g/mol. The Labute approximate surface area is 115 Å². The minimum Gasteiger partial charge on any atom is -0.378 e. The summed E-state index contributed by atoms with van der Waals surface area (Å²) in [5.41, 5.74) is -2.33. The van der Waals surface area contributed by atoms with Crippen molar-refractivity contribution in [1.29, 1.82) is 0 Å². The van der Waals surface area contributed by atoms with Crippen molar-refractivity contribution >= 4 is 5.69 Å². The molecule has 0 amide bonds. The van der Waals surface area contributed by atoms with E-state index in [0.29, 0.717) is 17.8 Å². The second-order valence-corrected chi connectivity index (χ2v) is 4.25. The molecule has 2 N–H and O–H groups in total. The zero-order chi connectivity index (χ0) is 15.7. The van der Waals surface area contributed by atoms with Gasteiger partial charge in [-0.05, 0) is 23.8 Å². The zero-order valence-electron chi connectivity index (χ0n) is 10.3. The number of aromatic nitrogens is 2. The van der Waals surface area contributed by atoms with Crippen molar-refractivity contribution in [2.24, 2.45) is 0 Å². The number of H-pyrrole nitrogens is 1. The molecule has 0 unspecified atom stereocenters. The van der Waals surface area contributed by atoms with Crippen LogP contribution >= 0.6 is 0 Å². The minimum absolute atomic E-state index is 0.0986. The van der Waals surface area contributed by atoms with Crippen LogP contribution in [0.4, 0.5) is 32.0 Å². The molecule has 0 radical (unpaired) electrons. The number of hydrogen-bond acceptors (Lipinski definition) is 2. The van der Waals surface area contributed by atoms with Gasteiger partial charge in [-0.3, -0.25) is 5.10 Å². The molecule has 1 heterocycles. The van der Waals surface area contributed by atoms with E-state index >= 15 is 0 Å². The third-order valence-electron chi connectivity index (χ3n) is 2.64. The van der Waals surface area contributed by atoms with Crippen LogP contribution in [0.25, 0.3) is 0 Å². The summed E-state index contributed by atoms with van der Waals surface area (Å²) in [6, 6.07) is 1.46. The molecular formula is C12H9F6N3. The quantitative estimate of drug-likeness (QED) is 0.840. The van der Waals surface area contributed by atoms with Gasteiger partial charge in [0.05, 0.1) is 23.0 Å². The first-order valence-corrected chi connectivity index (χ1v) is 5.67. The highest BCUT2D eigenvalue weighted by molar-refractivity contribution is 5.40. The summed E-state index contributed by atoms with van der Waals surface area (Å²) in [5.74, 6) is 0. The molecule has 0 aliphatic carbocycles. The zero-order valence-corrected chi connectivity index (χ0v) is 10.3. The second-order valence-electron chi connectivity index (χ2n) is 4.25. The van der Waals surface area contributed by atoms with Crippen LogP contribution in [0.15, 0.2) is 30.6 Å². The summed E-state index contributed by atoms with van der Waals surface area (Å²) in [5, 5.41) is 8.74. The minimum atomic E-state index is -4.84. The Morgan fingerprint density at radius 2 is 1.52 bits per heavy atom. The van der Waals surface area contributed by atoms with Gasteiger partial charge in [0.25, 0.3) is 0 Å². The van der Waals surface area contributed by atoms with Crippen LogP contribution in [-0.2, 0) is 18.9 Å². The van der Waals surface area contributed by atoms with Gasteiger partial charge in [0, 0.05) is 12.7 Å². The predicted octanol–water partition coefficient (Wildman–Crippen LogP) is 4.06. The standard InChI is InChI=1S/C12H9F6N3/c13-11(14,15)8-1-7(2-9(3-8)12(16,17)18)4-19-10-5-20-21-6-10/h1-3,5-6,19H,4H2,(H,20,21). The van der Waals surface area contributed by atoms with Crippen molar-refractivity contribution in [1.82, 2.24) is 10.2 Å². The molecule has 3 nitrogen and oxygen atoms in total. The molecule has 1 aromatic heterocycles. The molecule has 0 saturated heterocycles. The fourth-order valence-electron chi connectivity index (χ4n) is 1.67. The Balaban J connectivity index is 2.31. The molecule has 2 rings (SSSR count). The molecule has 9 heteroatoms. The largest absolute Gasteiger partial charge is 0.416 e. The van der Waals surface area contributed by atoms with Gasteiger partial charge in [0.2, 0.25) is 0 Å². The van der Waals surface area contributed by atoms with E-state index in [2.05, 4.69) is 15.5 Å². The number of nitrogens with zero attached hydrogens (tertiary/aromatic N) is 1. The number of benzene rings is 1. The van der Waals surface area contributed by atoms with Crippen molar-refractivity contribution < 1.29 is 26.3 Å². The predicted molar refractivity (Wildman–Crippen MR) is 62.4 cm³/mol. The molecule has 21 heavy (non-hydrogen) atoms. The highest BCUT2D eigenvalue weighted by Crippen LogP contribution is 2.36. The van der Waals surface area contributed by atoms with Crippen LogP contribution in [0.2, 0.25) is 0 Å². The van der Waals surface area contributed by atoms with E-state index in [4.69, 9.17) is 0 Å². The maximum atomic E-state index is 12.6. The van der Waals surface area contributed by atoms with Crippen molar-refractivity contribution in [2.45, 2.75) is 18.9 Å². The summed E-state index contributed by atoms with van der Waals surface area (Å²) in [6.45, 7) is -0.188. The first-order valence-electron chi connectivity index (χ1n) is 5.67. The van der Waals surface area contributed by atoms with E-state index in [1.807, 2.05) is 0 Å². The summed E-state index contributed by atoms with van der Waals surface area (Å²) >= 11 is 0. The lowest BCUT2D eigenvalue weighted by atomic mass is 10.0. The Hall–Kier alpha value is -2.19. The highest BCUT2D eigenvalue weighted by Gasteiger charge is 2.36. The van der Waals surface area contributed by atoms with E-state index < -0.39 is 23.5 Å². The van der Waals surface area contributed by atoms with Gasteiger partial charge >= 0.3 is 12.4 Å². The third-order valence-corrected chi connectivity index (χ3v) is 2.64. The van der Waals surface area contributed by atoms with Crippen LogP contribution in [0.5, 0.6) is 0 Å². The molecule has 0 bridgehead atoms. The Morgan fingerprint density at radius 3 is 1.95 bits per heavy atom. The molecular weight excluding hydrogens is 300 g/mol. The van der Waals surface area contributed by atoms with E-state index in [1.54, 1.807) is 0 Å².